The lowest BCUT2D eigenvalue weighted by Crippen LogP contribution is -2.63. The molecule has 1 unspecified atom stereocenters. The molecule has 1 atom stereocenters. The van der Waals surface area contributed by atoms with Crippen LogP contribution in [0.25, 0.3) is 0 Å². The Kier molecular flexibility index (Phi) is 3.98. The maximum Gasteiger partial charge on any atom is 0.407 e. The number of carboxylic acids is 1. The molecule has 0 bridgehead atoms. The van der Waals surface area contributed by atoms with Crippen molar-refractivity contribution in [2.45, 2.75) is 45.4 Å². The summed E-state index contributed by atoms with van der Waals surface area (Å²) in [4.78, 5) is 23.9. The van der Waals surface area contributed by atoms with Gasteiger partial charge in [-0.05, 0) is 27.7 Å². The number of carbonyl (C=O) groups excluding carboxylic acids is 1. The molecule has 17 heavy (non-hydrogen) atoms. The minimum atomic E-state index is -0.847. The van der Waals surface area contributed by atoms with Gasteiger partial charge in [-0.1, -0.05) is 0 Å². The Morgan fingerprint density at radius 3 is 2.35 bits per heavy atom. The van der Waals surface area contributed by atoms with Gasteiger partial charge in [0.2, 0.25) is 0 Å². The Morgan fingerprint density at radius 2 is 1.94 bits per heavy atom. The lowest BCUT2D eigenvalue weighted by atomic mass is 10.1. The summed E-state index contributed by atoms with van der Waals surface area (Å²) in [5, 5.41) is 11.5. The number of amides is 1. The number of rotatable bonds is 3. The molecule has 1 fully saturated rings. The second kappa shape index (κ2) is 4.91. The molecule has 6 heteroatoms. The van der Waals surface area contributed by atoms with Gasteiger partial charge in [-0.25, -0.2) is 4.79 Å². The summed E-state index contributed by atoms with van der Waals surface area (Å²) in [6.45, 7) is 8.12. The lowest BCUT2D eigenvalue weighted by Gasteiger charge is -2.41. The van der Waals surface area contributed by atoms with Gasteiger partial charge in [0.05, 0.1) is 6.04 Å². The third-order valence-electron chi connectivity index (χ3n) is 2.54. The number of nitrogens with zero attached hydrogens (tertiary/aromatic N) is 1. The topological polar surface area (TPSA) is 78.9 Å². The highest BCUT2D eigenvalue weighted by Gasteiger charge is 2.34. The minimum Gasteiger partial charge on any atom is -0.480 e. The first kappa shape index (κ1) is 13.8. The van der Waals surface area contributed by atoms with Gasteiger partial charge in [0.25, 0.3) is 0 Å². The molecule has 1 aliphatic heterocycles. The van der Waals surface area contributed by atoms with Crippen LogP contribution in [-0.2, 0) is 9.53 Å². The number of hydrogen-bond acceptors (Lipinski definition) is 4. The smallest absolute Gasteiger partial charge is 0.407 e. The summed E-state index contributed by atoms with van der Waals surface area (Å²) in [6, 6.07) is -0.529. The normalized spacial score (nSPS) is 19.3. The number of carboxylic acid groups (broad SMARTS) is 1. The van der Waals surface area contributed by atoms with Gasteiger partial charge in [-0.15, -0.1) is 0 Å². The van der Waals surface area contributed by atoms with Gasteiger partial charge in [-0.2, -0.15) is 0 Å². The van der Waals surface area contributed by atoms with E-state index in [9.17, 15) is 9.59 Å². The molecular formula is C11H20N2O4. The SMILES string of the molecule is CC(C(=O)O)N1CC(NC(=O)OC(C)(C)C)C1. The Morgan fingerprint density at radius 1 is 1.41 bits per heavy atom. The molecular weight excluding hydrogens is 224 g/mol. The molecule has 0 spiro atoms. The zero-order valence-electron chi connectivity index (χ0n) is 10.7. The van der Waals surface area contributed by atoms with E-state index in [-0.39, 0.29) is 6.04 Å². The van der Waals surface area contributed by atoms with Gasteiger partial charge >= 0.3 is 12.1 Å². The Hall–Kier alpha value is -1.30. The van der Waals surface area contributed by atoms with Crippen molar-refractivity contribution in [3.63, 3.8) is 0 Å². The maximum atomic E-state index is 11.4. The number of hydrogen-bond donors (Lipinski definition) is 2. The summed E-state index contributed by atoms with van der Waals surface area (Å²) in [5.41, 5.74) is -0.512. The largest absolute Gasteiger partial charge is 0.480 e. The first-order valence-corrected chi connectivity index (χ1v) is 5.65. The highest BCUT2D eigenvalue weighted by atomic mass is 16.6. The van der Waals surface area contributed by atoms with Crippen molar-refractivity contribution in [2.24, 2.45) is 0 Å². The Balaban J connectivity index is 2.26. The second-order valence-electron chi connectivity index (χ2n) is 5.31. The highest BCUT2D eigenvalue weighted by molar-refractivity contribution is 5.73. The molecule has 0 aromatic heterocycles. The van der Waals surface area contributed by atoms with Crippen LogP contribution in [0, 0.1) is 0 Å². The van der Waals surface area contributed by atoms with Crippen molar-refractivity contribution in [3.8, 4) is 0 Å². The van der Waals surface area contributed by atoms with E-state index in [2.05, 4.69) is 5.32 Å². The molecule has 1 aliphatic rings. The molecule has 0 aromatic rings. The van der Waals surface area contributed by atoms with E-state index in [4.69, 9.17) is 9.84 Å². The lowest BCUT2D eigenvalue weighted by molar-refractivity contribution is -0.144. The summed E-state index contributed by atoms with van der Waals surface area (Å²) in [7, 11) is 0. The van der Waals surface area contributed by atoms with E-state index in [1.165, 1.54) is 0 Å². The van der Waals surface area contributed by atoms with Crippen LogP contribution in [0.2, 0.25) is 0 Å². The highest BCUT2D eigenvalue weighted by Crippen LogP contribution is 2.13. The van der Waals surface area contributed by atoms with Crippen molar-refractivity contribution >= 4 is 12.1 Å². The van der Waals surface area contributed by atoms with Crippen LogP contribution in [-0.4, -0.2) is 52.8 Å². The predicted molar refractivity (Wildman–Crippen MR) is 61.8 cm³/mol. The number of alkyl carbamates (subject to hydrolysis) is 1. The quantitative estimate of drug-likeness (QED) is 0.762. The Labute approximate surface area is 101 Å². The maximum absolute atomic E-state index is 11.4. The molecule has 0 radical (unpaired) electrons. The van der Waals surface area contributed by atoms with Gasteiger partial charge < -0.3 is 15.2 Å². The molecule has 98 valence electrons. The number of likely N-dealkylation sites (tertiary alicyclic amines) is 1. The summed E-state index contributed by atoms with van der Waals surface area (Å²) >= 11 is 0. The number of carbonyl (C=O) groups is 2. The fraction of sp³-hybridized carbons (Fsp3) is 0.818. The van der Waals surface area contributed by atoms with Gasteiger partial charge in [-0.3, -0.25) is 9.69 Å². The molecule has 0 saturated carbocycles. The van der Waals surface area contributed by atoms with E-state index < -0.39 is 23.7 Å². The predicted octanol–water partition coefficient (Wildman–Crippen LogP) is 0.668. The van der Waals surface area contributed by atoms with Crippen molar-refractivity contribution < 1.29 is 19.4 Å². The van der Waals surface area contributed by atoms with E-state index in [0.29, 0.717) is 13.1 Å². The van der Waals surface area contributed by atoms with Crippen LogP contribution >= 0.6 is 0 Å². The number of nitrogens with one attached hydrogen (secondary N) is 1. The van der Waals surface area contributed by atoms with Crippen molar-refractivity contribution in [2.75, 3.05) is 13.1 Å². The first-order valence-electron chi connectivity index (χ1n) is 5.65. The van der Waals surface area contributed by atoms with Crippen LogP contribution in [0.5, 0.6) is 0 Å². The average Bonchev–Trinajstić information content (AvgIpc) is 2.06. The zero-order chi connectivity index (χ0) is 13.2. The van der Waals surface area contributed by atoms with Crippen molar-refractivity contribution in [3.05, 3.63) is 0 Å². The van der Waals surface area contributed by atoms with Crippen LogP contribution in [0.15, 0.2) is 0 Å². The molecule has 1 amide bonds. The zero-order valence-corrected chi connectivity index (χ0v) is 10.7. The van der Waals surface area contributed by atoms with Crippen LogP contribution in [0.1, 0.15) is 27.7 Å². The number of aliphatic carboxylic acids is 1. The van der Waals surface area contributed by atoms with Gasteiger partial charge in [0.15, 0.2) is 0 Å². The van der Waals surface area contributed by atoms with E-state index in [0.717, 1.165) is 0 Å². The minimum absolute atomic E-state index is 0.0216. The van der Waals surface area contributed by atoms with Crippen molar-refractivity contribution in [1.29, 1.82) is 0 Å². The van der Waals surface area contributed by atoms with Gasteiger partial charge in [0.1, 0.15) is 11.6 Å². The second-order valence-corrected chi connectivity index (χ2v) is 5.31. The Bertz CT molecular complexity index is 305. The summed E-state index contributed by atoms with van der Waals surface area (Å²) < 4.78 is 5.10. The monoisotopic (exact) mass is 244 g/mol. The third kappa shape index (κ3) is 4.22. The fourth-order valence-electron chi connectivity index (χ4n) is 1.55. The molecule has 0 aromatic carbocycles. The molecule has 1 heterocycles. The molecule has 2 N–H and O–H groups in total. The van der Waals surface area contributed by atoms with E-state index >= 15 is 0 Å². The van der Waals surface area contributed by atoms with Gasteiger partial charge in [0, 0.05) is 13.1 Å². The average molecular weight is 244 g/mol. The molecule has 1 rings (SSSR count). The van der Waals surface area contributed by atoms with E-state index in [1.807, 2.05) is 0 Å². The van der Waals surface area contributed by atoms with Crippen molar-refractivity contribution in [1.82, 2.24) is 10.2 Å². The van der Waals surface area contributed by atoms with Crippen LogP contribution in [0.3, 0.4) is 0 Å². The number of ether oxygens (including phenoxy) is 1. The summed E-state index contributed by atoms with van der Waals surface area (Å²) in [6.07, 6.45) is -0.454. The molecule has 0 aliphatic carbocycles. The van der Waals surface area contributed by atoms with Crippen LogP contribution in [0.4, 0.5) is 4.79 Å². The molecule has 6 nitrogen and oxygen atoms in total. The standard InChI is InChI=1S/C11H20N2O4/c1-7(9(14)15)13-5-8(6-13)12-10(16)17-11(2,3)4/h7-8H,5-6H2,1-4H3,(H,12,16)(H,14,15). The van der Waals surface area contributed by atoms with E-state index in [1.54, 1.807) is 32.6 Å². The summed E-state index contributed by atoms with van der Waals surface area (Å²) in [5.74, 6) is -0.847. The molecule has 1 saturated heterocycles. The third-order valence-corrected chi connectivity index (χ3v) is 2.54. The van der Waals surface area contributed by atoms with Crippen LogP contribution < -0.4 is 5.32 Å². The first-order chi connectivity index (χ1) is 7.69. The fourth-order valence-corrected chi connectivity index (χ4v) is 1.55.